The number of benzene rings is 3. The molecule has 3 aromatic carbocycles. The Balaban J connectivity index is 0.000000199. The van der Waals surface area contributed by atoms with E-state index >= 15 is 0 Å². The summed E-state index contributed by atoms with van der Waals surface area (Å²) in [6.07, 6.45) is 0. The average Bonchev–Trinajstić information content (AvgIpc) is 3.28. The molecule has 7 heteroatoms. The van der Waals surface area contributed by atoms with Crippen molar-refractivity contribution in [3.05, 3.63) is 119 Å². The number of carbonyl (C=O) groups is 1. The first-order valence-electron chi connectivity index (χ1n) is 9.05. The molecule has 0 radical (unpaired) electrons. The molecule has 6 nitrogen and oxygen atoms in total. The SMILES string of the molecule is O=C([O-])c1ccc([N+](=O)[O-])o1.c1cc[c]([Sn+]([c]2ccccc2)[c]2ccccc2)cc1. The molecule has 0 saturated heterocycles. The molecule has 4 rings (SSSR count). The van der Waals surface area contributed by atoms with Crippen molar-refractivity contribution in [1.29, 1.82) is 0 Å². The van der Waals surface area contributed by atoms with Crippen LogP contribution in [0.15, 0.2) is 108 Å². The van der Waals surface area contributed by atoms with Gasteiger partial charge >= 0.3 is 127 Å². The second-order valence-electron chi connectivity index (χ2n) is 6.16. The third kappa shape index (κ3) is 5.57. The van der Waals surface area contributed by atoms with Gasteiger partial charge < -0.3 is 14.3 Å². The second-order valence-corrected chi connectivity index (χ2v) is 13.2. The van der Waals surface area contributed by atoms with Gasteiger partial charge in [-0.1, -0.05) is 0 Å². The van der Waals surface area contributed by atoms with Gasteiger partial charge in [0.05, 0.1) is 6.07 Å². The normalized spacial score (nSPS) is 9.87. The zero-order valence-corrected chi connectivity index (χ0v) is 18.7. The van der Waals surface area contributed by atoms with Crippen molar-refractivity contribution in [1.82, 2.24) is 0 Å². The number of aromatic carboxylic acids is 1. The van der Waals surface area contributed by atoms with Gasteiger partial charge in [-0.25, -0.2) is 0 Å². The molecule has 0 aliphatic heterocycles. The van der Waals surface area contributed by atoms with Gasteiger partial charge in [0.15, 0.2) is 5.76 Å². The summed E-state index contributed by atoms with van der Waals surface area (Å²) in [7, 11) is 0. The fourth-order valence-electron chi connectivity index (χ4n) is 2.85. The van der Waals surface area contributed by atoms with Gasteiger partial charge in [0.25, 0.3) is 0 Å². The van der Waals surface area contributed by atoms with E-state index < -0.39 is 42.3 Å². The van der Waals surface area contributed by atoms with Crippen molar-refractivity contribution >= 4 is 42.4 Å². The van der Waals surface area contributed by atoms with Crippen LogP contribution in [0.3, 0.4) is 0 Å². The number of hydrogen-bond acceptors (Lipinski definition) is 5. The molecular weight excluding hydrogens is 489 g/mol. The molecule has 0 unspecified atom stereocenters. The standard InChI is InChI=1S/3C6H5.C5H3NO5.Sn/c3*1-2-4-6-5-3-1;7-5(8)3-1-2-4(11-3)6(9)10;/h3*1-5H;1-2H,(H,7,8);/q;;;;+1/p-1. The topological polar surface area (TPSA) is 96.4 Å². The van der Waals surface area contributed by atoms with E-state index in [0.29, 0.717) is 0 Å². The van der Waals surface area contributed by atoms with Crippen LogP contribution in [0.4, 0.5) is 5.88 Å². The van der Waals surface area contributed by atoms with Gasteiger partial charge in [-0.2, -0.15) is 0 Å². The molecule has 1 heterocycles. The number of rotatable bonds is 5. The number of hydrogen-bond donors (Lipinski definition) is 0. The molecule has 0 aliphatic carbocycles. The third-order valence-corrected chi connectivity index (χ3v) is 12.0. The molecular formula is C23H17NO5Sn. The molecule has 0 saturated carbocycles. The zero-order chi connectivity index (χ0) is 21.3. The van der Waals surface area contributed by atoms with Crippen molar-refractivity contribution in [2.45, 2.75) is 0 Å². The summed E-state index contributed by atoms with van der Waals surface area (Å²) in [4.78, 5) is 19.1. The van der Waals surface area contributed by atoms with Gasteiger partial charge in [0.1, 0.15) is 10.9 Å². The van der Waals surface area contributed by atoms with E-state index in [4.69, 9.17) is 0 Å². The first kappa shape index (κ1) is 21.3. The van der Waals surface area contributed by atoms with Crippen LogP contribution in [-0.2, 0) is 0 Å². The summed E-state index contributed by atoms with van der Waals surface area (Å²) in [6.45, 7) is 0. The summed E-state index contributed by atoms with van der Waals surface area (Å²) in [5.74, 6) is -2.72. The van der Waals surface area contributed by atoms with Crippen LogP contribution in [0.2, 0.25) is 0 Å². The molecule has 30 heavy (non-hydrogen) atoms. The summed E-state index contributed by atoms with van der Waals surface area (Å²) in [6, 6.07) is 34.9. The molecule has 148 valence electrons. The van der Waals surface area contributed by atoms with Crippen molar-refractivity contribution in [3.8, 4) is 0 Å². The van der Waals surface area contributed by atoms with Crippen molar-refractivity contribution < 1.29 is 19.2 Å². The van der Waals surface area contributed by atoms with Crippen LogP contribution in [-0.4, -0.2) is 30.7 Å². The van der Waals surface area contributed by atoms with Crippen LogP contribution in [0.25, 0.3) is 0 Å². The first-order valence-corrected chi connectivity index (χ1v) is 13.3. The predicted molar refractivity (Wildman–Crippen MR) is 114 cm³/mol. The van der Waals surface area contributed by atoms with Crippen molar-refractivity contribution in [3.63, 3.8) is 0 Å². The van der Waals surface area contributed by atoms with Gasteiger partial charge in [0.2, 0.25) is 0 Å². The average molecular weight is 506 g/mol. The molecule has 0 spiro atoms. The van der Waals surface area contributed by atoms with Crippen LogP contribution in [0.1, 0.15) is 10.6 Å². The Morgan fingerprint density at radius 1 is 0.700 bits per heavy atom. The molecule has 0 amide bonds. The molecule has 0 N–H and O–H groups in total. The number of nitrogens with zero attached hydrogens (tertiary/aromatic N) is 1. The summed E-state index contributed by atoms with van der Waals surface area (Å²) in [5, 5.41) is 19.9. The van der Waals surface area contributed by atoms with E-state index in [1.165, 1.54) is 10.7 Å². The van der Waals surface area contributed by atoms with Crippen molar-refractivity contribution in [2.24, 2.45) is 0 Å². The molecule has 1 aromatic heterocycles. The minimum absolute atomic E-state index is 0.545. The van der Waals surface area contributed by atoms with Crippen molar-refractivity contribution in [2.75, 3.05) is 0 Å². The van der Waals surface area contributed by atoms with E-state index in [2.05, 4.69) is 95.4 Å². The Labute approximate surface area is 180 Å². The Hall–Kier alpha value is -3.39. The van der Waals surface area contributed by atoms with Crippen LogP contribution < -0.4 is 15.8 Å². The zero-order valence-electron chi connectivity index (χ0n) is 15.8. The number of carboxylic acids is 1. The number of carboxylic acid groups (broad SMARTS) is 1. The van der Waals surface area contributed by atoms with Gasteiger partial charge in [-0.15, -0.1) is 0 Å². The summed E-state index contributed by atoms with van der Waals surface area (Å²) >= 11 is -1.98. The quantitative estimate of drug-likeness (QED) is 0.234. The Morgan fingerprint density at radius 3 is 1.37 bits per heavy atom. The van der Waals surface area contributed by atoms with Gasteiger partial charge in [-0.05, 0) is 6.07 Å². The molecule has 0 bridgehead atoms. The number of furan rings is 1. The third-order valence-electron chi connectivity index (χ3n) is 4.16. The molecule has 4 aromatic rings. The Morgan fingerprint density at radius 2 is 1.10 bits per heavy atom. The van der Waals surface area contributed by atoms with Crippen LogP contribution in [0.5, 0.6) is 0 Å². The van der Waals surface area contributed by atoms with E-state index in [-0.39, 0.29) is 0 Å². The summed E-state index contributed by atoms with van der Waals surface area (Å²) < 4.78 is 8.84. The first-order chi connectivity index (χ1) is 14.6. The maximum absolute atomic E-state index is 10.0. The minimum atomic E-state index is -1.98. The Kier molecular flexibility index (Phi) is 7.39. The van der Waals surface area contributed by atoms with Crippen LogP contribution >= 0.6 is 0 Å². The van der Waals surface area contributed by atoms with Crippen LogP contribution in [0, 0.1) is 10.1 Å². The molecule has 0 atom stereocenters. The number of carbonyl (C=O) groups excluding carboxylic acids is 1. The van der Waals surface area contributed by atoms with E-state index in [1.54, 1.807) is 0 Å². The second kappa shape index (κ2) is 10.4. The monoisotopic (exact) mass is 507 g/mol. The fraction of sp³-hybridized carbons (Fsp3) is 0. The van der Waals surface area contributed by atoms with Gasteiger partial charge in [0, 0.05) is 0 Å². The molecule has 0 fully saturated rings. The Bertz CT molecular complexity index is 976. The van der Waals surface area contributed by atoms with Gasteiger partial charge in [-0.3, -0.25) is 10.1 Å². The predicted octanol–water partition coefficient (Wildman–Crippen LogP) is 1.75. The number of nitro groups is 1. The van der Waals surface area contributed by atoms with E-state index in [0.717, 1.165) is 12.1 Å². The summed E-state index contributed by atoms with van der Waals surface area (Å²) in [5.41, 5.74) is 0. The van der Waals surface area contributed by atoms with E-state index in [1.807, 2.05) is 0 Å². The molecule has 0 aliphatic rings. The fourth-order valence-corrected chi connectivity index (χ4v) is 10.2. The maximum atomic E-state index is 10.0. The van der Waals surface area contributed by atoms with E-state index in [9.17, 15) is 20.0 Å².